The molecule has 138 valence electrons. The van der Waals surface area contributed by atoms with Crippen molar-refractivity contribution in [2.24, 2.45) is 0 Å². The van der Waals surface area contributed by atoms with Crippen LogP contribution < -0.4 is 0 Å². The Labute approximate surface area is 165 Å². The van der Waals surface area contributed by atoms with Crippen molar-refractivity contribution in [3.8, 4) is 0 Å². The molecular weight excluding hydrogens is 374 g/mol. The zero-order chi connectivity index (χ0) is 18.9. The summed E-state index contributed by atoms with van der Waals surface area (Å²) < 4.78 is 27.7. The van der Waals surface area contributed by atoms with E-state index < -0.39 is 14.6 Å². The minimum Gasteiger partial charge on any atom is -0.211 e. The van der Waals surface area contributed by atoms with Gasteiger partial charge < -0.3 is 0 Å². The van der Waals surface area contributed by atoms with Crippen LogP contribution in [0, 0.1) is 0 Å². The van der Waals surface area contributed by atoms with Crippen LogP contribution in [0.4, 0.5) is 0 Å². The van der Waals surface area contributed by atoms with E-state index in [-0.39, 0.29) is 12.1 Å². The molecule has 1 heterocycles. The van der Waals surface area contributed by atoms with Crippen LogP contribution in [0.25, 0.3) is 0 Å². The van der Waals surface area contributed by atoms with Gasteiger partial charge in [0.05, 0.1) is 6.04 Å². The van der Waals surface area contributed by atoms with Gasteiger partial charge >= 0.3 is 0 Å². The molecule has 0 spiro atoms. The van der Waals surface area contributed by atoms with Crippen LogP contribution in [-0.2, 0) is 10.0 Å². The van der Waals surface area contributed by atoms with Crippen LogP contribution in [-0.4, -0.2) is 17.3 Å². The maximum Gasteiger partial charge on any atom is 0.229 e. The van der Waals surface area contributed by atoms with Crippen molar-refractivity contribution in [1.29, 1.82) is 0 Å². The van der Waals surface area contributed by atoms with E-state index in [2.05, 4.69) is 0 Å². The minimum absolute atomic E-state index is 0.184. The molecule has 3 aromatic rings. The Balaban J connectivity index is 1.72. The average molecular weight is 396 g/mol. The largest absolute Gasteiger partial charge is 0.229 e. The highest BCUT2D eigenvalue weighted by Crippen LogP contribution is 2.53. The molecule has 4 rings (SSSR count). The highest BCUT2D eigenvalue weighted by Gasteiger charge is 2.56. The van der Waals surface area contributed by atoms with E-state index in [1.807, 2.05) is 97.9 Å². The maximum atomic E-state index is 13.3. The molecule has 0 saturated carbocycles. The van der Waals surface area contributed by atoms with E-state index in [4.69, 9.17) is 0 Å². The van der Waals surface area contributed by atoms with Gasteiger partial charge in [-0.05, 0) is 30.2 Å². The lowest BCUT2D eigenvalue weighted by atomic mass is 10.0. The number of nitrogens with zero attached hydrogens (tertiary/aromatic N) is 1. The number of sulfonamides is 1. The van der Waals surface area contributed by atoms with Crippen molar-refractivity contribution in [3.63, 3.8) is 0 Å². The first-order valence-electron chi connectivity index (χ1n) is 8.93. The van der Waals surface area contributed by atoms with Gasteiger partial charge in [-0.15, -0.1) is 11.8 Å². The predicted molar refractivity (Wildman–Crippen MR) is 111 cm³/mol. The molecule has 1 saturated heterocycles. The van der Waals surface area contributed by atoms with Crippen LogP contribution in [0.15, 0.2) is 95.9 Å². The SMILES string of the molecule is C[C@H](c1ccccc1)N1[C@@H](c2ccccc2)[C@H](Sc2ccccc2)S1(=O)=O. The van der Waals surface area contributed by atoms with Gasteiger partial charge in [-0.2, -0.15) is 4.31 Å². The van der Waals surface area contributed by atoms with E-state index >= 15 is 0 Å². The summed E-state index contributed by atoms with van der Waals surface area (Å²) in [6, 6.07) is 29.1. The fraction of sp³-hybridized carbons (Fsp3) is 0.182. The van der Waals surface area contributed by atoms with Crippen LogP contribution in [0.2, 0.25) is 0 Å². The van der Waals surface area contributed by atoms with Crippen LogP contribution in [0.1, 0.15) is 30.1 Å². The molecule has 1 aliphatic rings. The summed E-state index contributed by atoms with van der Waals surface area (Å²) in [5.41, 5.74) is 2.04. The van der Waals surface area contributed by atoms with Gasteiger partial charge in [-0.25, -0.2) is 8.42 Å². The highest BCUT2D eigenvalue weighted by atomic mass is 32.3. The zero-order valence-corrected chi connectivity index (χ0v) is 16.6. The van der Waals surface area contributed by atoms with Crippen molar-refractivity contribution in [2.45, 2.75) is 28.5 Å². The van der Waals surface area contributed by atoms with Gasteiger partial charge in [0.1, 0.15) is 4.58 Å². The monoisotopic (exact) mass is 395 g/mol. The number of hydrogen-bond acceptors (Lipinski definition) is 3. The smallest absolute Gasteiger partial charge is 0.211 e. The summed E-state index contributed by atoms with van der Waals surface area (Å²) in [7, 11) is -3.41. The molecule has 0 aromatic heterocycles. The Morgan fingerprint density at radius 2 is 1.33 bits per heavy atom. The molecule has 0 radical (unpaired) electrons. The third-order valence-corrected chi connectivity index (χ3v) is 8.95. The Hall–Kier alpha value is -2.08. The predicted octanol–water partition coefficient (Wildman–Crippen LogP) is 5.25. The number of benzene rings is 3. The summed E-state index contributed by atoms with van der Waals surface area (Å²) in [5.74, 6) is 0. The van der Waals surface area contributed by atoms with E-state index in [0.29, 0.717) is 0 Å². The molecule has 0 N–H and O–H groups in total. The Kier molecular flexibility index (Phi) is 5.08. The lowest BCUT2D eigenvalue weighted by molar-refractivity contribution is 0.229. The fourth-order valence-corrected chi connectivity index (χ4v) is 7.53. The van der Waals surface area contributed by atoms with Crippen LogP contribution in [0.5, 0.6) is 0 Å². The van der Waals surface area contributed by atoms with Crippen molar-refractivity contribution >= 4 is 21.8 Å². The van der Waals surface area contributed by atoms with Crippen LogP contribution in [0.3, 0.4) is 0 Å². The number of rotatable bonds is 5. The molecule has 0 amide bonds. The first-order chi connectivity index (χ1) is 13.1. The Morgan fingerprint density at radius 1 is 0.815 bits per heavy atom. The van der Waals surface area contributed by atoms with Gasteiger partial charge in [-0.1, -0.05) is 78.9 Å². The molecule has 3 nitrogen and oxygen atoms in total. The molecule has 0 aliphatic carbocycles. The third-order valence-electron chi connectivity index (χ3n) is 4.92. The number of thioether (sulfide) groups is 1. The Morgan fingerprint density at radius 3 is 1.93 bits per heavy atom. The summed E-state index contributed by atoms with van der Waals surface area (Å²) in [4.78, 5) is 0.971. The van der Waals surface area contributed by atoms with Crippen molar-refractivity contribution in [3.05, 3.63) is 102 Å². The van der Waals surface area contributed by atoms with E-state index in [9.17, 15) is 8.42 Å². The lowest BCUT2D eigenvalue weighted by Gasteiger charge is -2.49. The maximum absolute atomic E-state index is 13.3. The van der Waals surface area contributed by atoms with E-state index in [1.54, 1.807) is 4.31 Å². The topological polar surface area (TPSA) is 37.4 Å². The third kappa shape index (κ3) is 3.43. The molecule has 27 heavy (non-hydrogen) atoms. The van der Waals surface area contributed by atoms with E-state index in [0.717, 1.165) is 16.0 Å². The first kappa shape index (κ1) is 18.3. The molecule has 5 heteroatoms. The summed E-state index contributed by atoms with van der Waals surface area (Å²) in [6.07, 6.45) is 0. The van der Waals surface area contributed by atoms with Gasteiger partial charge in [0.25, 0.3) is 0 Å². The first-order valence-corrected chi connectivity index (χ1v) is 11.3. The second-order valence-corrected chi connectivity index (χ2v) is 10.1. The standard InChI is InChI=1S/C22H21NO2S2/c1-17(18-11-5-2-6-12-18)23-21(19-13-7-3-8-14-19)22(27(23,24)25)26-20-15-9-4-10-16-20/h2-17,21-22H,1H3/t17-,21+,22-/m1/s1. The molecule has 1 aliphatic heterocycles. The molecular formula is C22H21NO2S2. The summed E-state index contributed by atoms with van der Waals surface area (Å²) in [6.45, 7) is 1.96. The molecule has 3 atom stereocenters. The molecule has 0 unspecified atom stereocenters. The van der Waals surface area contributed by atoms with Crippen molar-refractivity contribution in [2.75, 3.05) is 0 Å². The summed E-state index contributed by atoms with van der Waals surface area (Å²) in [5, 5.41) is 0. The van der Waals surface area contributed by atoms with Gasteiger partial charge in [0.2, 0.25) is 10.0 Å². The lowest BCUT2D eigenvalue weighted by Crippen LogP contribution is -2.57. The fourth-order valence-electron chi connectivity index (χ4n) is 3.55. The second-order valence-electron chi connectivity index (χ2n) is 6.62. The zero-order valence-electron chi connectivity index (χ0n) is 15.0. The summed E-state index contributed by atoms with van der Waals surface area (Å²) >= 11 is 1.43. The molecule has 1 fully saturated rings. The Bertz CT molecular complexity index is 992. The molecule has 3 aromatic carbocycles. The minimum atomic E-state index is -3.41. The van der Waals surface area contributed by atoms with Crippen molar-refractivity contribution < 1.29 is 8.42 Å². The molecule has 0 bridgehead atoms. The average Bonchev–Trinajstić information content (AvgIpc) is 2.72. The second kappa shape index (κ2) is 7.50. The van der Waals surface area contributed by atoms with E-state index in [1.165, 1.54) is 11.8 Å². The van der Waals surface area contributed by atoms with Gasteiger partial charge in [0, 0.05) is 10.9 Å². The van der Waals surface area contributed by atoms with Crippen LogP contribution >= 0.6 is 11.8 Å². The van der Waals surface area contributed by atoms with Gasteiger partial charge in [0.15, 0.2) is 0 Å². The van der Waals surface area contributed by atoms with Crippen molar-refractivity contribution in [1.82, 2.24) is 4.31 Å². The number of hydrogen-bond donors (Lipinski definition) is 0. The highest BCUT2D eigenvalue weighted by molar-refractivity contribution is 8.13. The quantitative estimate of drug-likeness (QED) is 0.592. The van der Waals surface area contributed by atoms with Gasteiger partial charge in [-0.3, -0.25) is 0 Å². The normalized spacial score (nSPS) is 22.7.